The Morgan fingerprint density at radius 3 is 1.62 bits per heavy atom. The van der Waals surface area contributed by atoms with E-state index < -0.39 is 49.4 Å². The van der Waals surface area contributed by atoms with Crippen molar-refractivity contribution in [1.29, 1.82) is 0 Å². The van der Waals surface area contributed by atoms with Crippen LogP contribution in [0.3, 0.4) is 0 Å². The quantitative estimate of drug-likeness (QED) is 0.0275. The van der Waals surface area contributed by atoms with Crippen LogP contribution in [0.15, 0.2) is 48.6 Å². The average Bonchev–Trinajstić information content (AvgIpc) is 3.19. The molecule has 6 atom stereocenters. The van der Waals surface area contributed by atoms with Crippen molar-refractivity contribution in [1.82, 2.24) is 0 Å². The molecule has 1 heterocycles. The lowest BCUT2D eigenvalue weighted by atomic mass is 9.99. The van der Waals surface area contributed by atoms with Crippen molar-refractivity contribution in [2.75, 3.05) is 19.8 Å². The van der Waals surface area contributed by atoms with Gasteiger partial charge in [-0.05, 0) is 70.6 Å². The molecule has 1 rings (SSSR count). The summed E-state index contributed by atoms with van der Waals surface area (Å²) < 4.78 is 22.1. The predicted molar refractivity (Wildman–Crippen MR) is 224 cm³/mol. The van der Waals surface area contributed by atoms with Crippen molar-refractivity contribution in [3.8, 4) is 0 Å². The topological polar surface area (TPSA) is 152 Å². The maximum atomic E-state index is 12.7. The summed E-state index contributed by atoms with van der Waals surface area (Å²) >= 11 is 0. The fourth-order valence-corrected chi connectivity index (χ4v) is 6.43. The Labute approximate surface area is 339 Å². The first-order valence-corrected chi connectivity index (χ1v) is 22.2. The van der Waals surface area contributed by atoms with Crippen molar-refractivity contribution >= 4 is 11.9 Å². The van der Waals surface area contributed by atoms with E-state index in [1.165, 1.54) is 70.6 Å². The van der Waals surface area contributed by atoms with Crippen molar-refractivity contribution in [2.45, 2.75) is 211 Å². The van der Waals surface area contributed by atoms with Gasteiger partial charge in [-0.25, -0.2) is 0 Å². The van der Waals surface area contributed by atoms with Crippen LogP contribution < -0.4 is 0 Å². The Bertz CT molecular complexity index is 1050. The van der Waals surface area contributed by atoms with Gasteiger partial charge in [0.1, 0.15) is 31.0 Å². The highest BCUT2D eigenvalue weighted by atomic mass is 16.7. The van der Waals surface area contributed by atoms with Gasteiger partial charge in [-0.1, -0.05) is 140 Å². The highest BCUT2D eigenvalue weighted by Gasteiger charge is 2.44. The number of carbonyl (C=O) groups is 2. The van der Waals surface area contributed by atoms with E-state index in [1.54, 1.807) is 0 Å². The second-order valence-corrected chi connectivity index (χ2v) is 15.1. The van der Waals surface area contributed by atoms with Crippen LogP contribution in [0, 0.1) is 0 Å². The molecule has 0 spiro atoms. The smallest absolute Gasteiger partial charge is 0.306 e. The van der Waals surface area contributed by atoms with E-state index in [2.05, 4.69) is 62.5 Å². The molecule has 56 heavy (non-hydrogen) atoms. The van der Waals surface area contributed by atoms with Gasteiger partial charge in [0, 0.05) is 12.8 Å². The van der Waals surface area contributed by atoms with Gasteiger partial charge in [-0.15, -0.1) is 0 Å². The third kappa shape index (κ3) is 28.1. The van der Waals surface area contributed by atoms with Crippen LogP contribution in [0.5, 0.6) is 0 Å². The van der Waals surface area contributed by atoms with Crippen LogP contribution in [0.25, 0.3) is 0 Å². The van der Waals surface area contributed by atoms with Gasteiger partial charge in [0.2, 0.25) is 0 Å². The van der Waals surface area contributed by atoms with E-state index in [-0.39, 0.29) is 32.0 Å². The van der Waals surface area contributed by atoms with Crippen molar-refractivity contribution in [2.24, 2.45) is 0 Å². The van der Waals surface area contributed by atoms with Crippen molar-refractivity contribution < 1.29 is 49.0 Å². The number of carbonyl (C=O) groups excluding carboxylic acids is 2. The Hall–Kier alpha value is -2.34. The van der Waals surface area contributed by atoms with E-state index in [0.717, 1.165) is 64.2 Å². The fourth-order valence-electron chi connectivity index (χ4n) is 6.43. The minimum Gasteiger partial charge on any atom is -0.462 e. The van der Waals surface area contributed by atoms with Crippen LogP contribution in [-0.4, -0.2) is 89.0 Å². The first-order chi connectivity index (χ1) is 27.3. The molecule has 0 amide bonds. The lowest BCUT2D eigenvalue weighted by Gasteiger charge is -2.39. The maximum absolute atomic E-state index is 12.7. The maximum Gasteiger partial charge on any atom is 0.306 e. The van der Waals surface area contributed by atoms with Gasteiger partial charge in [-0.2, -0.15) is 0 Å². The lowest BCUT2D eigenvalue weighted by Crippen LogP contribution is -2.59. The fraction of sp³-hybridized carbons (Fsp3) is 0.783. The van der Waals surface area contributed by atoms with E-state index in [4.69, 9.17) is 18.9 Å². The molecule has 324 valence electrons. The second kappa shape index (κ2) is 37.0. The molecule has 1 aliphatic rings. The lowest BCUT2D eigenvalue weighted by molar-refractivity contribution is -0.305. The highest BCUT2D eigenvalue weighted by Crippen LogP contribution is 2.22. The van der Waals surface area contributed by atoms with Gasteiger partial charge < -0.3 is 39.4 Å². The van der Waals surface area contributed by atoms with E-state index >= 15 is 0 Å². The molecule has 0 radical (unpaired) electrons. The highest BCUT2D eigenvalue weighted by molar-refractivity contribution is 5.70. The standard InChI is InChI=1S/C46H80O10/c1-3-5-7-9-11-13-15-17-18-19-20-21-23-24-26-28-30-32-34-41(48)53-37-39(38-54-46-45(52)44(51)43(50)40(36-47)56-46)55-42(49)35-33-31-29-27-25-22-16-14-12-10-8-6-4-2/h6,8,12,14,18-19,22,25,39-40,43-47,50-52H,3-5,7,9-11,13,15-17,20-21,23-24,26-38H2,1-2H3/b8-6-,14-12-,19-18-,25-22-. The number of hydrogen-bond acceptors (Lipinski definition) is 10. The minimum absolute atomic E-state index is 0.193. The molecule has 0 aromatic rings. The van der Waals surface area contributed by atoms with E-state index in [9.17, 15) is 30.0 Å². The molecule has 0 saturated carbocycles. The molecule has 10 nitrogen and oxygen atoms in total. The first-order valence-electron chi connectivity index (χ1n) is 22.2. The predicted octanol–water partition coefficient (Wildman–Crippen LogP) is 9.27. The summed E-state index contributed by atoms with van der Waals surface area (Å²) in [6.45, 7) is 3.26. The number of aliphatic hydroxyl groups is 4. The Morgan fingerprint density at radius 1 is 0.571 bits per heavy atom. The summed E-state index contributed by atoms with van der Waals surface area (Å²) in [5, 5.41) is 40.0. The first kappa shape index (κ1) is 51.7. The molecule has 6 unspecified atom stereocenters. The Morgan fingerprint density at radius 2 is 1.05 bits per heavy atom. The molecule has 1 saturated heterocycles. The number of allylic oxidation sites excluding steroid dienone is 8. The molecule has 0 bridgehead atoms. The minimum atomic E-state index is -1.60. The Kier molecular flexibility index (Phi) is 34.1. The van der Waals surface area contributed by atoms with Gasteiger partial charge in [0.05, 0.1) is 13.2 Å². The van der Waals surface area contributed by atoms with E-state index in [0.29, 0.717) is 12.8 Å². The molecule has 4 N–H and O–H groups in total. The number of esters is 2. The summed E-state index contributed by atoms with van der Waals surface area (Å²) in [4.78, 5) is 25.3. The third-order valence-electron chi connectivity index (χ3n) is 9.95. The average molecular weight is 793 g/mol. The normalized spacial score (nSPS) is 20.9. The van der Waals surface area contributed by atoms with Crippen LogP contribution in [0.2, 0.25) is 0 Å². The summed E-state index contributed by atoms with van der Waals surface area (Å²) in [5.41, 5.74) is 0. The summed E-state index contributed by atoms with van der Waals surface area (Å²) in [6, 6.07) is 0. The number of aliphatic hydroxyl groups excluding tert-OH is 4. The van der Waals surface area contributed by atoms with Crippen LogP contribution >= 0.6 is 0 Å². The zero-order chi connectivity index (χ0) is 40.9. The molecule has 1 aliphatic heterocycles. The number of ether oxygens (including phenoxy) is 4. The zero-order valence-electron chi connectivity index (χ0n) is 35.1. The zero-order valence-corrected chi connectivity index (χ0v) is 35.1. The largest absolute Gasteiger partial charge is 0.462 e. The molecule has 0 aliphatic carbocycles. The number of rotatable bonds is 36. The monoisotopic (exact) mass is 793 g/mol. The van der Waals surface area contributed by atoms with Gasteiger partial charge >= 0.3 is 11.9 Å². The van der Waals surface area contributed by atoms with Crippen molar-refractivity contribution in [3.63, 3.8) is 0 Å². The van der Waals surface area contributed by atoms with Gasteiger partial charge in [0.15, 0.2) is 12.4 Å². The summed E-state index contributed by atoms with van der Waals surface area (Å²) in [5.74, 6) is -0.847. The third-order valence-corrected chi connectivity index (χ3v) is 9.95. The molecule has 0 aromatic heterocycles. The second-order valence-electron chi connectivity index (χ2n) is 15.1. The molecule has 0 aromatic carbocycles. The molecule has 1 fully saturated rings. The van der Waals surface area contributed by atoms with Crippen molar-refractivity contribution in [3.05, 3.63) is 48.6 Å². The SMILES string of the molecule is CC/C=C\C/C=C\C/C=C\CCCCCC(=O)OC(COC(=O)CCCCCCCCC/C=C\CCCCCCCCC)COC1OC(CO)C(O)C(O)C1O. The molecular formula is C46H80O10. The van der Waals surface area contributed by atoms with Crippen LogP contribution in [0.4, 0.5) is 0 Å². The van der Waals surface area contributed by atoms with Crippen LogP contribution in [0.1, 0.15) is 174 Å². The van der Waals surface area contributed by atoms with Gasteiger partial charge in [0.25, 0.3) is 0 Å². The van der Waals surface area contributed by atoms with Crippen LogP contribution in [-0.2, 0) is 28.5 Å². The Balaban J connectivity index is 2.34. The molecular weight excluding hydrogens is 712 g/mol. The number of unbranched alkanes of at least 4 members (excludes halogenated alkanes) is 17. The molecule has 10 heteroatoms. The summed E-state index contributed by atoms with van der Waals surface area (Å²) in [7, 11) is 0. The van der Waals surface area contributed by atoms with E-state index in [1.807, 2.05) is 0 Å². The number of hydrogen-bond donors (Lipinski definition) is 4. The van der Waals surface area contributed by atoms with Gasteiger partial charge in [-0.3, -0.25) is 9.59 Å². The summed E-state index contributed by atoms with van der Waals surface area (Å²) in [6.07, 6.45) is 35.5.